The maximum atomic E-state index is 13.6. The third-order valence-electron chi connectivity index (χ3n) is 5.78. The van der Waals surface area contributed by atoms with E-state index < -0.39 is 23.5 Å². The summed E-state index contributed by atoms with van der Waals surface area (Å²) in [5, 5.41) is 4.78. The van der Waals surface area contributed by atoms with Gasteiger partial charge >= 0.3 is 5.97 Å². The van der Waals surface area contributed by atoms with E-state index >= 15 is 0 Å². The molecule has 0 aromatic carbocycles. The Kier molecular flexibility index (Phi) is 5.45. The third kappa shape index (κ3) is 3.35. The molecule has 0 unspecified atom stereocenters. The van der Waals surface area contributed by atoms with Crippen LogP contribution >= 0.6 is 11.3 Å². The Morgan fingerprint density at radius 1 is 1.34 bits per heavy atom. The van der Waals surface area contributed by atoms with E-state index in [2.05, 4.69) is 5.32 Å². The average Bonchev–Trinajstić information content (AvgIpc) is 3.44. The van der Waals surface area contributed by atoms with Crippen LogP contribution in [-0.4, -0.2) is 41.4 Å². The summed E-state index contributed by atoms with van der Waals surface area (Å²) >= 11 is 1.32. The number of esters is 1. The van der Waals surface area contributed by atoms with Crippen LogP contribution in [0.2, 0.25) is 0 Å². The van der Waals surface area contributed by atoms with E-state index in [1.165, 1.54) is 17.6 Å². The number of ether oxygens (including phenoxy) is 1. The molecule has 0 saturated carbocycles. The van der Waals surface area contributed by atoms with E-state index in [9.17, 15) is 14.4 Å². The van der Waals surface area contributed by atoms with Crippen LogP contribution < -0.4 is 5.32 Å². The van der Waals surface area contributed by atoms with Crippen LogP contribution in [0.3, 0.4) is 0 Å². The van der Waals surface area contributed by atoms with E-state index in [-0.39, 0.29) is 24.8 Å². The maximum absolute atomic E-state index is 13.6. The first-order valence-corrected chi connectivity index (χ1v) is 10.8. The summed E-state index contributed by atoms with van der Waals surface area (Å²) in [4.78, 5) is 41.9. The molecule has 29 heavy (non-hydrogen) atoms. The number of amides is 2. The highest BCUT2D eigenvalue weighted by Crippen LogP contribution is 2.51. The number of carbonyl (C=O) groups excluding carboxylic acids is 3. The van der Waals surface area contributed by atoms with Gasteiger partial charge in [-0.05, 0) is 56.2 Å². The van der Waals surface area contributed by atoms with Crippen molar-refractivity contribution in [3.8, 4) is 0 Å². The number of likely N-dealkylation sites (tertiary alicyclic amines) is 1. The van der Waals surface area contributed by atoms with Gasteiger partial charge in [0.2, 0.25) is 5.91 Å². The largest absolute Gasteiger partial charge is 0.467 e. The van der Waals surface area contributed by atoms with E-state index in [0.717, 1.165) is 12.8 Å². The molecule has 2 amide bonds. The molecule has 4 heterocycles. The van der Waals surface area contributed by atoms with Crippen LogP contribution in [0.5, 0.6) is 0 Å². The van der Waals surface area contributed by atoms with E-state index in [0.29, 0.717) is 23.6 Å². The van der Waals surface area contributed by atoms with Crippen molar-refractivity contribution in [1.29, 1.82) is 0 Å². The predicted octanol–water partition coefficient (Wildman–Crippen LogP) is 3.15. The summed E-state index contributed by atoms with van der Waals surface area (Å²) in [5.74, 6) is -1.06. The van der Waals surface area contributed by atoms with Gasteiger partial charge in [0.25, 0.3) is 5.91 Å². The van der Waals surface area contributed by atoms with Gasteiger partial charge in [0.15, 0.2) is 0 Å². The highest BCUT2D eigenvalue weighted by atomic mass is 32.1. The van der Waals surface area contributed by atoms with Gasteiger partial charge in [0.1, 0.15) is 17.3 Å². The molecular formula is C21H24N2O5S. The zero-order chi connectivity index (χ0) is 20.4. The van der Waals surface area contributed by atoms with Crippen LogP contribution in [0.4, 0.5) is 0 Å². The van der Waals surface area contributed by atoms with Crippen molar-refractivity contribution >= 4 is 29.1 Å². The molecule has 4 rings (SSSR count). The van der Waals surface area contributed by atoms with Gasteiger partial charge in [-0.25, -0.2) is 0 Å². The summed E-state index contributed by atoms with van der Waals surface area (Å²) in [6, 6.07) is 6.33. The molecule has 2 aromatic heterocycles. The Morgan fingerprint density at radius 2 is 2.21 bits per heavy atom. The number of rotatable bonds is 4. The summed E-state index contributed by atoms with van der Waals surface area (Å²) in [6.07, 6.45) is 3.87. The Balaban J connectivity index is 1.86. The zero-order valence-electron chi connectivity index (χ0n) is 16.3. The van der Waals surface area contributed by atoms with Crippen molar-refractivity contribution in [2.24, 2.45) is 5.92 Å². The lowest BCUT2D eigenvalue weighted by atomic mass is 9.86. The topological polar surface area (TPSA) is 88.9 Å². The smallest absolute Gasteiger partial charge is 0.311 e. The molecule has 2 fully saturated rings. The molecule has 2 aromatic rings. The highest BCUT2D eigenvalue weighted by molar-refractivity contribution is 7.12. The third-order valence-corrected chi connectivity index (χ3v) is 6.64. The second-order valence-electron chi connectivity index (χ2n) is 7.42. The molecule has 154 valence electrons. The molecule has 2 aliphatic rings. The summed E-state index contributed by atoms with van der Waals surface area (Å²) < 4.78 is 11.0. The van der Waals surface area contributed by atoms with Gasteiger partial charge in [-0.2, -0.15) is 0 Å². The van der Waals surface area contributed by atoms with Gasteiger partial charge in [-0.3, -0.25) is 14.4 Å². The predicted molar refractivity (Wildman–Crippen MR) is 106 cm³/mol. The second kappa shape index (κ2) is 8.02. The molecule has 8 heteroatoms. The van der Waals surface area contributed by atoms with Crippen molar-refractivity contribution in [3.05, 3.63) is 46.5 Å². The lowest BCUT2D eigenvalue weighted by Crippen LogP contribution is -2.56. The fraction of sp³-hybridized carbons (Fsp3) is 0.476. The lowest BCUT2D eigenvalue weighted by molar-refractivity contribution is -0.149. The average molecular weight is 416 g/mol. The number of carbonyl (C=O) groups is 3. The second-order valence-corrected chi connectivity index (χ2v) is 8.37. The van der Waals surface area contributed by atoms with Crippen LogP contribution in [0.1, 0.15) is 54.1 Å². The number of hydrogen-bond donors (Lipinski definition) is 1. The molecule has 1 N–H and O–H groups in total. The van der Waals surface area contributed by atoms with Gasteiger partial charge in [0, 0.05) is 6.54 Å². The fourth-order valence-electron chi connectivity index (χ4n) is 4.55. The first kappa shape index (κ1) is 19.7. The Hall–Kier alpha value is -2.61. The lowest BCUT2D eigenvalue weighted by Gasteiger charge is -2.38. The molecule has 2 saturated heterocycles. The van der Waals surface area contributed by atoms with Gasteiger partial charge < -0.3 is 19.4 Å². The minimum atomic E-state index is -1.10. The van der Waals surface area contributed by atoms with E-state index in [1.807, 2.05) is 5.38 Å². The highest BCUT2D eigenvalue weighted by Gasteiger charge is 2.61. The fourth-order valence-corrected chi connectivity index (χ4v) is 5.21. The SMILES string of the molecule is CCOC(=O)[C@H]1C[C@]2(CCCCNC2=O)N(C(=O)c2cccs2)[C@H]1c1ccco1. The number of thiophene rings is 1. The maximum Gasteiger partial charge on any atom is 0.311 e. The molecule has 2 aliphatic heterocycles. The first-order chi connectivity index (χ1) is 14.1. The number of nitrogens with zero attached hydrogens (tertiary/aromatic N) is 1. The Labute approximate surface area is 173 Å². The van der Waals surface area contributed by atoms with Gasteiger partial charge in [0.05, 0.1) is 23.7 Å². The van der Waals surface area contributed by atoms with Crippen LogP contribution in [-0.2, 0) is 14.3 Å². The minimum Gasteiger partial charge on any atom is -0.467 e. The first-order valence-electron chi connectivity index (χ1n) is 9.94. The molecule has 3 atom stereocenters. The monoisotopic (exact) mass is 416 g/mol. The summed E-state index contributed by atoms with van der Waals surface area (Å²) in [5.41, 5.74) is -1.10. The van der Waals surface area contributed by atoms with Gasteiger partial charge in [-0.1, -0.05) is 6.07 Å². The quantitative estimate of drug-likeness (QED) is 0.774. The van der Waals surface area contributed by atoms with Crippen molar-refractivity contribution in [1.82, 2.24) is 10.2 Å². The van der Waals surface area contributed by atoms with Crippen LogP contribution in [0.25, 0.3) is 0 Å². The Bertz CT molecular complexity index is 879. The molecular weight excluding hydrogens is 392 g/mol. The molecule has 1 spiro atoms. The van der Waals surface area contributed by atoms with Crippen molar-refractivity contribution in [2.45, 2.75) is 44.2 Å². The van der Waals surface area contributed by atoms with Crippen LogP contribution in [0.15, 0.2) is 40.3 Å². The van der Waals surface area contributed by atoms with Crippen molar-refractivity contribution in [2.75, 3.05) is 13.2 Å². The molecule has 0 radical (unpaired) electrons. The van der Waals surface area contributed by atoms with Crippen LogP contribution in [0, 0.1) is 5.92 Å². The van der Waals surface area contributed by atoms with Crippen molar-refractivity contribution in [3.63, 3.8) is 0 Å². The minimum absolute atomic E-state index is 0.205. The number of nitrogens with one attached hydrogen (secondary N) is 1. The molecule has 7 nitrogen and oxygen atoms in total. The number of furan rings is 1. The van der Waals surface area contributed by atoms with Crippen molar-refractivity contribution < 1.29 is 23.5 Å². The van der Waals surface area contributed by atoms with Gasteiger partial charge in [-0.15, -0.1) is 11.3 Å². The zero-order valence-corrected chi connectivity index (χ0v) is 17.1. The standard InChI is InChI=1S/C21H24N2O5S/c1-2-27-19(25)14-13-21(9-3-4-10-22-20(21)26)23(17(14)15-7-5-11-28-15)18(24)16-8-6-12-29-16/h5-8,11-12,14,17H,2-4,9-10,13H2,1H3,(H,22,26)/t14-,17+,21-/m0/s1. The normalized spacial score (nSPS) is 26.9. The van der Waals surface area contributed by atoms with E-state index in [1.54, 1.807) is 36.1 Å². The summed E-state index contributed by atoms with van der Waals surface area (Å²) in [7, 11) is 0. The molecule has 0 bridgehead atoms. The number of hydrogen-bond acceptors (Lipinski definition) is 6. The Morgan fingerprint density at radius 3 is 2.90 bits per heavy atom. The summed E-state index contributed by atoms with van der Waals surface area (Å²) in [6.45, 7) is 2.55. The molecule has 0 aliphatic carbocycles. The van der Waals surface area contributed by atoms with E-state index in [4.69, 9.17) is 9.15 Å².